The molecule has 39 heavy (non-hydrogen) atoms. The van der Waals surface area contributed by atoms with Crippen LogP contribution in [0.4, 0.5) is 5.69 Å². The lowest BCUT2D eigenvalue weighted by Gasteiger charge is -2.32. The van der Waals surface area contributed by atoms with Gasteiger partial charge in [-0.05, 0) is 55.5 Å². The first-order valence-electron chi connectivity index (χ1n) is 13.0. The molecule has 0 aromatic heterocycles. The third-order valence-corrected chi connectivity index (χ3v) is 7.74. The van der Waals surface area contributed by atoms with E-state index in [9.17, 15) is 24.3 Å². The third-order valence-electron chi connectivity index (χ3n) is 7.11. The summed E-state index contributed by atoms with van der Waals surface area (Å²) in [7, 11) is 0. The SMILES string of the molecule is O=C(Nc1ccc(C[C@H](NC(=O)C2CCCCC2NC(=O)C2CCCO2)C(=O)O)cc1)c1c(Cl)cccc1Cl. The van der Waals surface area contributed by atoms with Crippen LogP contribution in [0.3, 0.4) is 0 Å². The highest BCUT2D eigenvalue weighted by atomic mass is 35.5. The van der Waals surface area contributed by atoms with Crippen molar-refractivity contribution in [3.8, 4) is 0 Å². The highest BCUT2D eigenvalue weighted by Crippen LogP contribution is 2.27. The molecule has 2 aromatic rings. The van der Waals surface area contributed by atoms with Crippen molar-refractivity contribution in [2.24, 2.45) is 5.92 Å². The minimum absolute atomic E-state index is 0.0469. The molecule has 9 nitrogen and oxygen atoms in total. The van der Waals surface area contributed by atoms with Gasteiger partial charge in [0.25, 0.3) is 5.91 Å². The lowest BCUT2D eigenvalue weighted by Crippen LogP contribution is -2.53. The molecule has 1 saturated carbocycles. The van der Waals surface area contributed by atoms with E-state index in [-0.39, 0.29) is 39.9 Å². The summed E-state index contributed by atoms with van der Waals surface area (Å²) in [5, 5.41) is 18.6. The van der Waals surface area contributed by atoms with Crippen LogP contribution in [0.15, 0.2) is 42.5 Å². The molecule has 3 amide bonds. The van der Waals surface area contributed by atoms with Gasteiger partial charge in [0.15, 0.2) is 0 Å². The minimum Gasteiger partial charge on any atom is -0.480 e. The molecule has 4 rings (SSSR count). The number of hydrogen-bond donors (Lipinski definition) is 4. The average Bonchev–Trinajstić information content (AvgIpc) is 3.45. The standard InChI is InChI=1S/C28H31Cl2N3O6/c29-19-6-3-7-20(30)24(19)27(36)31-17-12-10-16(11-13-17)15-22(28(37)38)33-25(34)18-5-1-2-8-21(18)32-26(35)23-9-4-14-39-23/h3,6-7,10-13,18,21-23H,1-2,4-5,8-9,14-15H2,(H,31,36)(H,32,35)(H,33,34)(H,37,38)/t18?,21?,22-,23?/m0/s1. The van der Waals surface area contributed by atoms with Gasteiger partial charge in [-0.25, -0.2) is 4.79 Å². The number of carboxylic acid groups (broad SMARTS) is 1. The Bertz CT molecular complexity index is 1200. The maximum absolute atomic E-state index is 13.2. The molecule has 2 fully saturated rings. The number of anilines is 1. The van der Waals surface area contributed by atoms with Gasteiger partial charge in [-0.15, -0.1) is 0 Å². The minimum atomic E-state index is -1.16. The molecule has 11 heteroatoms. The van der Waals surface area contributed by atoms with Crippen LogP contribution in [0.2, 0.25) is 10.0 Å². The van der Waals surface area contributed by atoms with E-state index in [0.717, 1.165) is 19.3 Å². The molecule has 0 bridgehead atoms. The van der Waals surface area contributed by atoms with Crippen LogP contribution in [0.1, 0.15) is 54.4 Å². The Hall–Kier alpha value is -3.14. The number of carbonyl (C=O) groups is 4. The molecule has 4 N–H and O–H groups in total. The van der Waals surface area contributed by atoms with Crippen molar-refractivity contribution < 1.29 is 29.0 Å². The zero-order chi connectivity index (χ0) is 27.9. The number of carboxylic acids is 1. The van der Waals surface area contributed by atoms with Crippen molar-refractivity contribution in [2.75, 3.05) is 11.9 Å². The van der Waals surface area contributed by atoms with Crippen LogP contribution in [0.25, 0.3) is 0 Å². The van der Waals surface area contributed by atoms with Gasteiger partial charge in [0, 0.05) is 24.8 Å². The molecule has 1 heterocycles. The molecule has 1 aliphatic carbocycles. The summed E-state index contributed by atoms with van der Waals surface area (Å²) in [5.41, 5.74) is 1.29. The molecule has 1 aliphatic heterocycles. The molecule has 3 unspecified atom stereocenters. The third kappa shape index (κ3) is 7.50. The summed E-state index contributed by atoms with van der Waals surface area (Å²) < 4.78 is 5.45. The van der Waals surface area contributed by atoms with Crippen LogP contribution < -0.4 is 16.0 Å². The summed E-state index contributed by atoms with van der Waals surface area (Å²) in [5.74, 6) is -2.75. The monoisotopic (exact) mass is 575 g/mol. The Labute approximate surface area is 236 Å². The summed E-state index contributed by atoms with van der Waals surface area (Å²) in [4.78, 5) is 50.3. The molecule has 1 saturated heterocycles. The largest absolute Gasteiger partial charge is 0.480 e. The number of hydrogen-bond acceptors (Lipinski definition) is 5. The predicted molar refractivity (Wildman–Crippen MR) is 147 cm³/mol. The van der Waals surface area contributed by atoms with Crippen molar-refractivity contribution in [1.29, 1.82) is 0 Å². The molecular formula is C28H31Cl2N3O6. The number of nitrogens with one attached hydrogen (secondary N) is 3. The molecule has 2 aliphatic rings. The fourth-order valence-electron chi connectivity index (χ4n) is 5.02. The topological polar surface area (TPSA) is 134 Å². The van der Waals surface area contributed by atoms with Crippen molar-refractivity contribution in [2.45, 2.75) is 63.1 Å². The van der Waals surface area contributed by atoms with Gasteiger partial charge >= 0.3 is 5.97 Å². The Kier molecular flexibility index (Phi) is 9.83. The molecule has 2 aromatic carbocycles. The van der Waals surface area contributed by atoms with E-state index in [1.807, 2.05) is 0 Å². The highest BCUT2D eigenvalue weighted by Gasteiger charge is 2.36. The first kappa shape index (κ1) is 28.9. The second-order valence-electron chi connectivity index (χ2n) is 9.86. The van der Waals surface area contributed by atoms with Crippen molar-refractivity contribution >= 4 is 52.6 Å². The van der Waals surface area contributed by atoms with Crippen molar-refractivity contribution in [3.63, 3.8) is 0 Å². The van der Waals surface area contributed by atoms with Crippen molar-refractivity contribution in [3.05, 3.63) is 63.6 Å². The van der Waals surface area contributed by atoms with Crippen LogP contribution in [-0.4, -0.2) is 53.6 Å². The first-order chi connectivity index (χ1) is 18.7. The van der Waals surface area contributed by atoms with E-state index in [1.54, 1.807) is 42.5 Å². The van der Waals surface area contributed by atoms with Crippen molar-refractivity contribution in [1.82, 2.24) is 10.6 Å². The van der Waals surface area contributed by atoms with Gasteiger partial charge in [-0.1, -0.05) is 54.2 Å². The van der Waals surface area contributed by atoms with E-state index in [1.165, 1.54) is 0 Å². The maximum Gasteiger partial charge on any atom is 0.326 e. The quantitative estimate of drug-likeness (QED) is 0.354. The van der Waals surface area contributed by atoms with Crippen LogP contribution in [-0.2, 0) is 25.5 Å². The van der Waals surface area contributed by atoms with Gasteiger partial charge in [0.1, 0.15) is 12.1 Å². The second-order valence-corrected chi connectivity index (χ2v) is 10.7. The molecule has 0 radical (unpaired) electrons. The van der Waals surface area contributed by atoms with E-state index >= 15 is 0 Å². The number of ether oxygens (including phenoxy) is 1. The summed E-state index contributed by atoms with van der Waals surface area (Å²) in [6.45, 7) is 0.552. The fourth-order valence-corrected chi connectivity index (χ4v) is 5.59. The number of aliphatic carboxylic acids is 1. The van der Waals surface area contributed by atoms with E-state index < -0.39 is 29.9 Å². The zero-order valence-corrected chi connectivity index (χ0v) is 22.8. The van der Waals surface area contributed by atoms with Gasteiger partial charge in [0.2, 0.25) is 11.8 Å². The smallest absolute Gasteiger partial charge is 0.326 e. The van der Waals surface area contributed by atoms with Crippen LogP contribution in [0, 0.1) is 5.92 Å². The highest BCUT2D eigenvalue weighted by molar-refractivity contribution is 6.40. The molecular weight excluding hydrogens is 545 g/mol. The Balaban J connectivity index is 1.36. The predicted octanol–water partition coefficient (Wildman–Crippen LogP) is 4.21. The van der Waals surface area contributed by atoms with Crippen LogP contribution in [0.5, 0.6) is 0 Å². The lowest BCUT2D eigenvalue weighted by atomic mass is 9.83. The molecule has 0 spiro atoms. The maximum atomic E-state index is 13.2. The Morgan fingerprint density at radius 3 is 2.26 bits per heavy atom. The fraction of sp³-hybridized carbons (Fsp3) is 0.429. The van der Waals surface area contributed by atoms with E-state index in [0.29, 0.717) is 37.1 Å². The molecule has 4 atom stereocenters. The average molecular weight is 576 g/mol. The first-order valence-corrected chi connectivity index (χ1v) is 13.8. The number of amides is 3. The number of rotatable bonds is 9. The summed E-state index contributed by atoms with van der Waals surface area (Å²) in [6.07, 6.45) is 3.98. The normalized spacial score (nSPS) is 21.5. The summed E-state index contributed by atoms with van der Waals surface area (Å²) >= 11 is 12.2. The summed E-state index contributed by atoms with van der Waals surface area (Å²) in [6, 6.07) is 9.89. The van der Waals surface area contributed by atoms with Gasteiger partial charge in [-0.3, -0.25) is 14.4 Å². The number of benzene rings is 2. The molecule has 208 valence electrons. The Morgan fingerprint density at radius 1 is 0.923 bits per heavy atom. The number of carbonyl (C=O) groups excluding carboxylic acids is 3. The second kappa shape index (κ2) is 13.3. The van der Waals surface area contributed by atoms with Gasteiger partial charge in [-0.2, -0.15) is 0 Å². The van der Waals surface area contributed by atoms with E-state index in [4.69, 9.17) is 27.9 Å². The van der Waals surface area contributed by atoms with E-state index in [2.05, 4.69) is 16.0 Å². The zero-order valence-electron chi connectivity index (χ0n) is 21.3. The Morgan fingerprint density at radius 2 is 1.62 bits per heavy atom. The van der Waals surface area contributed by atoms with Crippen LogP contribution >= 0.6 is 23.2 Å². The number of halogens is 2. The van der Waals surface area contributed by atoms with Gasteiger partial charge < -0.3 is 25.8 Å². The lowest BCUT2D eigenvalue weighted by molar-refractivity contribution is -0.143. The van der Waals surface area contributed by atoms with Gasteiger partial charge in [0.05, 0.1) is 21.5 Å².